The lowest BCUT2D eigenvalue weighted by Crippen LogP contribution is -2.42. The molecule has 0 unspecified atom stereocenters. The second-order valence-corrected chi connectivity index (χ2v) is 10.0. The molecule has 0 radical (unpaired) electrons. The summed E-state index contributed by atoms with van der Waals surface area (Å²) in [5.41, 5.74) is 2.68. The summed E-state index contributed by atoms with van der Waals surface area (Å²) in [5.74, 6) is -0.631. The second-order valence-electron chi connectivity index (χ2n) is 9.10. The Morgan fingerprint density at radius 1 is 1.03 bits per heavy atom. The number of carbonyl (C=O) groups is 2. The second kappa shape index (κ2) is 11.6. The summed E-state index contributed by atoms with van der Waals surface area (Å²) in [7, 11) is 0. The molecule has 176 valence electrons. The zero-order chi connectivity index (χ0) is 23.8. The van der Waals surface area contributed by atoms with Crippen LogP contribution in [0.4, 0.5) is 0 Å². The van der Waals surface area contributed by atoms with Gasteiger partial charge in [0.15, 0.2) is 0 Å². The highest BCUT2D eigenvalue weighted by Crippen LogP contribution is 2.22. The average molecular weight is 514 g/mol. The van der Waals surface area contributed by atoms with E-state index in [1.165, 1.54) is 0 Å². The average Bonchev–Trinajstić information content (AvgIpc) is 2.80. The molecule has 1 aliphatic heterocycles. The minimum atomic E-state index is -0.317. The zero-order valence-corrected chi connectivity index (χ0v) is 21.1. The topological polar surface area (TPSA) is 70.7 Å². The van der Waals surface area contributed by atoms with E-state index in [0.29, 0.717) is 25.3 Å². The van der Waals surface area contributed by atoms with Gasteiger partial charge in [-0.05, 0) is 46.9 Å². The minimum absolute atomic E-state index is 0.00200. The molecule has 33 heavy (non-hydrogen) atoms. The van der Waals surface area contributed by atoms with Crippen LogP contribution >= 0.6 is 15.9 Å². The predicted octanol–water partition coefficient (Wildman–Crippen LogP) is 3.97. The largest absolute Gasteiger partial charge is 0.379 e. The van der Waals surface area contributed by atoms with Gasteiger partial charge in [-0.3, -0.25) is 14.5 Å². The molecule has 0 aliphatic carbocycles. The van der Waals surface area contributed by atoms with E-state index in [1.807, 2.05) is 36.4 Å². The van der Waals surface area contributed by atoms with E-state index in [2.05, 4.69) is 52.2 Å². The van der Waals surface area contributed by atoms with E-state index in [9.17, 15) is 9.59 Å². The number of nitrogens with zero attached hydrogens (tertiary/aromatic N) is 1. The summed E-state index contributed by atoms with van der Waals surface area (Å²) >= 11 is 3.42. The van der Waals surface area contributed by atoms with Gasteiger partial charge in [-0.25, -0.2) is 0 Å². The summed E-state index contributed by atoms with van der Waals surface area (Å²) in [4.78, 5) is 28.1. The Bertz CT molecular complexity index is 973. The van der Waals surface area contributed by atoms with Gasteiger partial charge in [0, 0.05) is 36.2 Å². The summed E-state index contributed by atoms with van der Waals surface area (Å²) in [5, 5.41) is 5.74. The highest BCUT2D eigenvalue weighted by Gasteiger charge is 2.18. The van der Waals surface area contributed by atoms with Crippen LogP contribution < -0.4 is 10.6 Å². The maximum atomic E-state index is 13.0. The molecule has 0 aromatic heterocycles. The monoisotopic (exact) mass is 513 g/mol. The van der Waals surface area contributed by atoms with Gasteiger partial charge in [-0.1, -0.05) is 61.0 Å². The number of benzene rings is 2. The third kappa shape index (κ3) is 7.81. The van der Waals surface area contributed by atoms with E-state index in [1.54, 1.807) is 18.2 Å². The first-order valence-corrected chi connectivity index (χ1v) is 12.0. The Morgan fingerprint density at radius 3 is 2.27 bits per heavy atom. The number of nitrogens with one attached hydrogen (secondary N) is 2. The molecule has 1 aliphatic rings. The van der Waals surface area contributed by atoms with Gasteiger partial charge in [0.05, 0.1) is 13.2 Å². The Kier molecular flexibility index (Phi) is 8.83. The third-order valence-electron chi connectivity index (χ3n) is 5.50. The lowest BCUT2D eigenvalue weighted by molar-refractivity contribution is -0.117. The Morgan fingerprint density at radius 2 is 1.67 bits per heavy atom. The first-order valence-electron chi connectivity index (χ1n) is 11.2. The lowest BCUT2D eigenvalue weighted by atomic mass is 9.87. The van der Waals surface area contributed by atoms with E-state index >= 15 is 0 Å². The highest BCUT2D eigenvalue weighted by molar-refractivity contribution is 9.10. The van der Waals surface area contributed by atoms with Crippen LogP contribution in [0.1, 0.15) is 42.3 Å². The maximum Gasteiger partial charge on any atom is 0.267 e. The molecular weight excluding hydrogens is 482 g/mol. The van der Waals surface area contributed by atoms with Crippen LogP contribution in [0, 0.1) is 0 Å². The van der Waals surface area contributed by atoms with Crippen molar-refractivity contribution in [2.75, 3.05) is 39.4 Å². The molecular formula is C26H32BrN3O3. The van der Waals surface area contributed by atoms with Crippen molar-refractivity contribution in [3.05, 3.63) is 75.4 Å². The first kappa shape index (κ1) is 25.1. The molecule has 2 N–H and O–H groups in total. The van der Waals surface area contributed by atoms with Crippen molar-refractivity contribution in [1.29, 1.82) is 0 Å². The van der Waals surface area contributed by atoms with Crippen LogP contribution in [0.5, 0.6) is 0 Å². The minimum Gasteiger partial charge on any atom is -0.379 e. The van der Waals surface area contributed by atoms with Crippen molar-refractivity contribution >= 4 is 33.8 Å². The van der Waals surface area contributed by atoms with Crippen LogP contribution in [-0.4, -0.2) is 56.1 Å². The lowest BCUT2D eigenvalue weighted by Gasteiger charge is -2.26. The van der Waals surface area contributed by atoms with Crippen LogP contribution in [-0.2, 0) is 14.9 Å². The van der Waals surface area contributed by atoms with E-state index in [-0.39, 0.29) is 22.9 Å². The van der Waals surface area contributed by atoms with Gasteiger partial charge in [-0.15, -0.1) is 0 Å². The predicted molar refractivity (Wildman–Crippen MR) is 135 cm³/mol. The number of carbonyl (C=O) groups excluding carboxylic acids is 2. The van der Waals surface area contributed by atoms with Gasteiger partial charge in [-0.2, -0.15) is 0 Å². The van der Waals surface area contributed by atoms with E-state index < -0.39 is 0 Å². The van der Waals surface area contributed by atoms with Gasteiger partial charge < -0.3 is 15.4 Å². The first-order chi connectivity index (χ1) is 15.7. The van der Waals surface area contributed by atoms with Crippen LogP contribution in [0.15, 0.2) is 58.7 Å². The molecule has 0 saturated carbocycles. The Labute approximate surface area is 204 Å². The number of halogens is 1. The van der Waals surface area contributed by atoms with Crippen molar-refractivity contribution < 1.29 is 14.3 Å². The fourth-order valence-electron chi connectivity index (χ4n) is 3.45. The molecule has 0 spiro atoms. The van der Waals surface area contributed by atoms with Crippen LogP contribution in [0.3, 0.4) is 0 Å². The van der Waals surface area contributed by atoms with Crippen molar-refractivity contribution in [2.24, 2.45) is 0 Å². The summed E-state index contributed by atoms with van der Waals surface area (Å²) < 4.78 is 6.31. The third-order valence-corrected chi connectivity index (χ3v) is 6.03. The summed E-state index contributed by atoms with van der Waals surface area (Å²) in [6, 6.07) is 15.1. The molecule has 2 amide bonds. The van der Waals surface area contributed by atoms with Gasteiger partial charge >= 0.3 is 0 Å². The molecule has 2 aromatic carbocycles. The summed E-state index contributed by atoms with van der Waals surface area (Å²) in [6.45, 7) is 10.8. The van der Waals surface area contributed by atoms with Crippen LogP contribution in [0.2, 0.25) is 0 Å². The molecule has 3 rings (SSSR count). The molecule has 2 aromatic rings. The number of morpholine rings is 1. The number of rotatable bonds is 7. The molecule has 1 saturated heterocycles. The maximum absolute atomic E-state index is 13.0. The molecule has 0 atom stereocenters. The molecule has 7 heteroatoms. The van der Waals surface area contributed by atoms with Crippen molar-refractivity contribution in [3.8, 4) is 0 Å². The number of ether oxygens (including phenoxy) is 1. The van der Waals surface area contributed by atoms with E-state index in [0.717, 1.165) is 35.2 Å². The molecule has 1 fully saturated rings. The number of hydrogen-bond donors (Lipinski definition) is 2. The van der Waals surface area contributed by atoms with Gasteiger partial charge in [0.25, 0.3) is 11.8 Å². The normalized spacial score (nSPS) is 15.2. The molecule has 6 nitrogen and oxygen atoms in total. The quantitative estimate of drug-likeness (QED) is 0.549. The van der Waals surface area contributed by atoms with Gasteiger partial charge in [0.1, 0.15) is 5.70 Å². The van der Waals surface area contributed by atoms with Crippen molar-refractivity contribution in [2.45, 2.75) is 26.2 Å². The fraction of sp³-hybridized carbons (Fsp3) is 0.385. The van der Waals surface area contributed by atoms with Crippen molar-refractivity contribution in [3.63, 3.8) is 0 Å². The summed E-state index contributed by atoms with van der Waals surface area (Å²) in [6.07, 6.45) is 1.69. The molecule has 1 heterocycles. The van der Waals surface area contributed by atoms with Crippen molar-refractivity contribution in [1.82, 2.24) is 15.5 Å². The smallest absolute Gasteiger partial charge is 0.267 e. The Hall–Kier alpha value is -2.48. The standard InChI is InChI=1S/C26H32BrN3O3/c1-26(2,3)21-8-6-20(7-9-21)24(31)29-23(18-19-4-10-22(27)11-5-19)25(32)28-12-13-30-14-16-33-17-15-30/h4-11,18H,12-17H2,1-3H3,(H,28,32)(H,29,31). The van der Waals surface area contributed by atoms with E-state index in [4.69, 9.17) is 4.74 Å². The number of amides is 2. The zero-order valence-electron chi connectivity index (χ0n) is 19.5. The highest BCUT2D eigenvalue weighted by atomic mass is 79.9. The molecule has 0 bridgehead atoms. The SMILES string of the molecule is CC(C)(C)c1ccc(C(=O)NC(=Cc2ccc(Br)cc2)C(=O)NCCN2CCOCC2)cc1. The van der Waals surface area contributed by atoms with Gasteiger partial charge in [0.2, 0.25) is 0 Å². The number of hydrogen-bond acceptors (Lipinski definition) is 4. The fourth-order valence-corrected chi connectivity index (χ4v) is 3.71. The Balaban J connectivity index is 1.71. The van der Waals surface area contributed by atoms with Crippen LogP contribution in [0.25, 0.3) is 6.08 Å².